The normalized spacial score (nSPS) is 20.3. The van der Waals surface area contributed by atoms with Gasteiger partial charge in [-0.15, -0.1) is 0 Å². The van der Waals surface area contributed by atoms with Gasteiger partial charge in [-0.1, -0.05) is 11.6 Å². The maximum absolute atomic E-state index is 13.0. The summed E-state index contributed by atoms with van der Waals surface area (Å²) >= 11 is 0. The number of amides is 2. The molecule has 1 saturated heterocycles. The molecule has 0 aromatic heterocycles. The SMILES string of the molecule is O=C1COc2ccc(S(=O)(=O)N3CCC(C(=O)NCCC4=CCCCC4)CC3)cc2N1. The van der Waals surface area contributed by atoms with E-state index >= 15 is 0 Å². The number of anilines is 1. The molecule has 2 aliphatic heterocycles. The zero-order valence-electron chi connectivity index (χ0n) is 17.6. The third kappa shape index (κ3) is 5.10. The van der Waals surface area contributed by atoms with Gasteiger partial charge in [-0.2, -0.15) is 4.31 Å². The van der Waals surface area contributed by atoms with E-state index in [1.54, 1.807) is 6.07 Å². The van der Waals surface area contributed by atoms with E-state index in [-0.39, 0.29) is 29.2 Å². The monoisotopic (exact) mass is 447 g/mol. The number of nitrogens with zero attached hydrogens (tertiary/aromatic N) is 1. The highest BCUT2D eigenvalue weighted by molar-refractivity contribution is 7.89. The van der Waals surface area contributed by atoms with Gasteiger partial charge in [0.15, 0.2) is 6.61 Å². The Morgan fingerprint density at radius 1 is 1.23 bits per heavy atom. The molecular weight excluding hydrogens is 418 g/mol. The lowest BCUT2D eigenvalue weighted by atomic mass is 9.96. The number of ether oxygens (including phenoxy) is 1. The van der Waals surface area contributed by atoms with Gasteiger partial charge < -0.3 is 15.4 Å². The Morgan fingerprint density at radius 2 is 2.03 bits per heavy atom. The van der Waals surface area contributed by atoms with Crippen molar-refractivity contribution in [1.82, 2.24) is 9.62 Å². The van der Waals surface area contributed by atoms with Crippen LogP contribution in [0.3, 0.4) is 0 Å². The van der Waals surface area contributed by atoms with Crippen molar-refractivity contribution in [2.24, 2.45) is 5.92 Å². The summed E-state index contributed by atoms with van der Waals surface area (Å²) in [4.78, 5) is 24.1. The molecule has 0 unspecified atom stereocenters. The molecule has 0 spiro atoms. The van der Waals surface area contributed by atoms with Crippen molar-refractivity contribution in [3.8, 4) is 5.75 Å². The van der Waals surface area contributed by atoms with Gasteiger partial charge in [0, 0.05) is 25.6 Å². The first-order valence-electron chi connectivity index (χ1n) is 11.0. The van der Waals surface area contributed by atoms with Gasteiger partial charge in [0.2, 0.25) is 15.9 Å². The molecule has 2 amide bonds. The van der Waals surface area contributed by atoms with Gasteiger partial charge in [-0.3, -0.25) is 9.59 Å². The molecule has 0 bridgehead atoms. The summed E-state index contributed by atoms with van der Waals surface area (Å²) in [5.74, 6) is -0.00308. The molecular formula is C22H29N3O5S. The van der Waals surface area contributed by atoms with Crippen molar-refractivity contribution in [3.63, 3.8) is 0 Å². The first-order chi connectivity index (χ1) is 14.9. The fourth-order valence-corrected chi connectivity index (χ4v) is 5.85. The molecule has 1 aliphatic carbocycles. The molecule has 3 aliphatic rings. The second-order valence-electron chi connectivity index (χ2n) is 8.32. The third-order valence-electron chi connectivity index (χ3n) is 6.18. The fraction of sp³-hybridized carbons (Fsp3) is 0.545. The number of fused-ring (bicyclic) bond motifs is 1. The van der Waals surface area contributed by atoms with E-state index in [0.29, 0.717) is 43.9 Å². The van der Waals surface area contributed by atoms with Crippen molar-refractivity contribution in [1.29, 1.82) is 0 Å². The second-order valence-corrected chi connectivity index (χ2v) is 10.3. The summed E-state index contributed by atoms with van der Waals surface area (Å²) in [7, 11) is -3.71. The van der Waals surface area contributed by atoms with E-state index in [0.717, 1.165) is 19.3 Å². The predicted molar refractivity (Wildman–Crippen MR) is 116 cm³/mol. The predicted octanol–water partition coefficient (Wildman–Crippen LogP) is 2.42. The molecule has 2 N–H and O–H groups in total. The molecule has 0 saturated carbocycles. The summed E-state index contributed by atoms with van der Waals surface area (Å²) in [5.41, 5.74) is 1.79. The van der Waals surface area contributed by atoms with E-state index in [1.807, 2.05) is 0 Å². The quantitative estimate of drug-likeness (QED) is 0.652. The number of hydrogen-bond acceptors (Lipinski definition) is 5. The number of benzene rings is 1. The van der Waals surface area contributed by atoms with E-state index in [2.05, 4.69) is 16.7 Å². The fourth-order valence-electron chi connectivity index (χ4n) is 4.35. The topological polar surface area (TPSA) is 105 Å². The maximum atomic E-state index is 13.0. The highest BCUT2D eigenvalue weighted by Crippen LogP contribution is 2.32. The molecule has 1 aromatic carbocycles. The second kappa shape index (κ2) is 9.40. The summed E-state index contributed by atoms with van der Waals surface area (Å²) in [6.45, 7) is 1.16. The summed E-state index contributed by atoms with van der Waals surface area (Å²) in [6, 6.07) is 4.48. The molecule has 31 heavy (non-hydrogen) atoms. The van der Waals surface area contributed by atoms with Crippen LogP contribution in [0.1, 0.15) is 44.9 Å². The van der Waals surface area contributed by atoms with Crippen LogP contribution in [0.25, 0.3) is 0 Å². The Morgan fingerprint density at radius 3 is 2.77 bits per heavy atom. The summed E-state index contributed by atoms with van der Waals surface area (Å²) in [5, 5.41) is 5.66. The lowest BCUT2D eigenvalue weighted by molar-refractivity contribution is -0.126. The number of rotatable bonds is 6. The molecule has 9 heteroatoms. The van der Waals surface area contributed by atoms with Crippen molar-refractivity contribution < 1.29 is 22.7 Å². The molecule has 0 atom stereocenters. The van der Waals surface area contributed by atoms with Crippen LogP contribution in [-0.4, -0.2) is 50.8 Å². The van der Waals surface area contributed by atoms with Crippen LogP contribution in [0.4, 0.5) is 5.69 Å². The molecule has 0 radical (unpaired) electrons. The lowest BCUT2D eigenvalue weighted by Crippen LogP contribution is -2.43. The number of piperidine rings is 1. The molecule has 1 aromatic rings. The van der Waals surface area contributed by atoms with E-state index in [9.17, 15) is 18.0 Å². The third-order valence-corrected chi connectivity index (χ3v) is 8.07. The molecule has 2 heterocycles. The maximum Gasteiger partial charge on any atom is 0.262 e. The smallest absolute Gasteiger partial charge is 0.262 e. The number of carbonyl (C=O) groups is 2. The van der Waals surface area contributed by atoms with Crippen LogP contribution in [0.2, 0.25) is 0 Å². The lowest BCUT2D eigenvalue weighted by Gasteiger charge is -2.31. The van der Waals surface area contributed by atoms with Crippen molar-refractivity contribution in [2.45, 2.75) is 49.8 Å². The van der Waals surface area contributed by atoms with Gasteiger partial charge in [0.25, 0.3) is 5.91 Å². The number of sulfonamides is 1. The Labute approximate surface area is 183 Å². The van der Waals surface area contributed by atoms with Crippen LogP contribution in [0, 0.1) is 5.92 Å². The first kappa shape index (κ1) is 21.8. The largest absolute Gasteiger partial charge is 0.482 e. The van der Waals surface area contributed by atoms with Gasteiger partial charge in [0.1, 0.15) is 5.75 Å². The Hall–Kier alpha value is -2.39. The number of nitrogens with one attached hydrogen (secondary N) is 2. The first-order valence-corrected chi connectivity index (χ1v) is 12.4. The van der Waals surface area contributed by atoms with Crippen molar-refractivity contribution in [3.05, 3.63) is 29.8 Å². The molecule has 8 nitrogen and oxygen atoms in total. The minimum atomic E-state index is -3.71. The zero-order chi connectivity index (χ0) is 21.8. The highest BCUT2D eigenvalue weighted by atomic mass is 32.2. The Kier molecular flexibility index (Phi) is 6.62. The summed E-state index contributed by atoms with van der Waals surface area (Å²) < 4.78 is 32.8. The minimum Gasteiger partial charge on any atom is -0.482 e. The summed E-state index contributed by atoms with van der Waals surface area (Å²) in [6.07, 6.45) is 8.94. The van der Waals surface area contributed by atoms with Gasteiger partial charge in [0.05, 0.1) is 10.6 Å². The van der Waals surface area contributed by atoms with Crippen LogP contribution in [0.15, 0.2) is 34.7 Å². The molecule has 4 rings (SSSR count). The number of carbonyl (C=O) groups excluding carboxylic acids is 2. The molecule has 168 valence electrons. The van der Waals surface area contributed by atoms with Crippen LogP contribution >= 0.6 is 0 Å². The van der Waals surface area contributed by atoms with Gasteiger partial charge >= 0.3 is 0 Å². The van der Waals surface area contributed by atoms with Crippen molar-refractivity contribution in [2.75, 3.05) is 31.6 Å². The number of allylic oxidation sites excluding steroid dienone is 1. The van der Waals surface area contributed by atoms with Crippen LogP contribution < -0.4 is 15.4 Å². The Bertz CT molecular complexity index is 981. The van der Waals surface area contributed by atoms with Crippen molar-refractivity contribution >= 4 is 27.5 Å². The zero-order valence-corrected chi connectivity index (χ0v) is 18.4. The highest BCUT2D eigenvalue weighted by Gasteiger charge is 2.32. The van der Waals surface area contributed by atoms with E-state index in [1.165, 1.54) is 34.9 Å². The van der Waals surface area contributed by atoms with Gasteiger partial charge in [-0.25, -0.2) is 8.42 Å². The standard InChI is InChI=1S/C22H29N3O5S/c26-21-15-30-20-7-6-18(14-19(20)24-21)31(28,29)25-12-9-17(10-13-25)22(27)23-11-8-16-4-2-1-3-5-16/h4,6-7,14,17H,1-3,5,8-13,15H2,(H,23,27)(H,24,26). The van der Waals surface area contributed by atoms with Crippen LogP contribution in [-0.2, 0) is 19.6 Å². The molecule has 1 fully saturated rings. The average Bonchev–Trinajstić information content (AvgIpc) is 2.79. The number of hydrogen-bond donors (Lipinski definition) is 2. The average molecular weight is 448 g/mol. The van der Waals surface area contributed by atoms with Crippen LogP contribution in [0.5, 0.6) is 5.75 Å². The van der Waals surface area contributed by atoms with E-state index < -0.39 is 10.0 Å². The minimum absolute atomic E-state index is 0.0158. The Balaban J connectivity index is 1.30. The van der Waals surface area contributed by atoms with E-state index in [4.69, 9.17) is 4.74 Å². The van der Waals surface area contributed by atoms with Gasteiger partial charge in [-0.05, 0) is 63.1 Å².